The molecular weight excluding hydrogens is 510 g/mol. The zero-order valence-corrected chi connectivity index (χ0v) is 27.6. The van der Waals surface area contributed by atoms with Crippen molar-refractivity contribution >= 4 is 6.09 Å². The molecule has 0 saturated heterocycles. The first-order valence-corrected chi connectivity index (χ1v) is 17.2. The van der Waals surface area contributed by atoms with Gasteiger partial charge in [-0.2, -0.15) is 0 Å². The van der Waals surface area contributed by atoms with Gasteiger partial charge in [-0.25, -0.2) is 4.79 Å². The van der Waals surface area contributed by atoms with E-state index >= 15 is 0 Å². The van der Waals surface area contributed by atoms with Crippen molar-refractivity contribution in [3.05, 3.63) is 0 Å². The summed E-state index contributed by atoms with van der Waals surface area (Å²) in [5, 5.41) is 17.0. The van der Waals surface area contributed by atoms with Crippen molar-refractivity contribution in [1.82, 2.24) is 4.90 Å². The van der Waals surface area contributed by atoms with Gasteiger partial charge in [-0.15, -0.1) is 0 Å². The average Bonchev–Trinajstić information content (AvgIpc) is 2.96. The fraction of sp³-hybridized carbons (Fsp3) is 0.861. The predicted molar refractivity (Wildman–Crippen MR) is 176 cm³/mol. The minimum Gasteiger partial charge on any atom is -0.450 e. The summed E-state index contributed by atoms with van der Waals surface area (Å²) in [5.41, 5.74) is 0. The molecule has 0 aromatic heterocycles. The summed E-state index contributed by atoms with van der Waals surface area (Å²) in [6, 6.07) is 0.223. The number of hydrogen-bond acceptors (Lipinski definition) is 4. The molecule has 2 N–H and O–H groups in total. The highest BCUT2D eigenvalue weighted by Crippen LogP contribution is 2.14. The highest BCUT2D eigenvalue weighted by atomic mass is 16.6. The molecule has 0 aromatic carbocycles. The number of amides is 1. The van der Waals surface area contributed by atoms with Crippen molar-refractivity contribution in [3.63, 3.8) is 0 Å². The third-order valence-electron chi connectivity index (χ3n) is 7.04. The summed E-state index contributed by atoms with van der Waals surface area (Å²) in [7, 11) is 0. The number of aliphatic hydroxyl groups excluding tert-OH is 2. The van der Waals surface area contributed by atoms with Crippen LogP contribution in [0, 0.1) is 23.7 Å². The Morgan fingerprint density at radius 1 is 0.610 bits per heavy atom. The smallest absolute Gasteiger partial charge is 0.409 e. The molecule has 0 unspecified atom stereocenters. The highest BCUT2D eigenvalue weighted by molar-refractivity contribution is 5.67. The Labute approximate surface area is 255 Å². The van der Waals surface area contributed by atoms with Gasteiger partial charge in [0.15, 0.2) is 0 Å². The lowest BCUT2D eigenvalue weighted by molar-refractivity contribution is 0.0952. The molecule has 41 heavy (non-hydrogen) atoms. The molecule has 0 aliphatic rings. The van der Waals surface area contributed by atoms with Crippen LogP contribution in [-0.2, 0) is 4.74 Å². The molecule has 1 amide bonds. The lowest BCUT2D eigenvalue weighted by atomic mass is 10.0. The molecular formula is C36H67NO4. The van der Waals surface area contributed by atoms with Crippen LogP contribution in [0.15, 0.2) is 0 Å². The first-order chi connectivity index (χ1) is 20.0. The van der Waals surface area contributed by atoms with E-state index in [1.54, 1.807) is 0 Å². The Morgan fingerprint density at radius 3 is 1.34 bits per heavy atom. The van der Waals surface area contributed by atoms with Crippen LogP contribution in [0.25, 0.3) is 0 Å². The van der Waals surface area contributed by atoms with E-state index in [0.29, 0.717) is 6.61 Å². The van der Waals surface area contributed by atoms with E-state index in [2.05, 4.69) is 44.5 Å². The van der Waals surface area contributed by atoms with Gasteiger partial charge in [0.05, 0.1) is 6.61 Å². The number of ether oxygens (including phenoxy) is 1. The Bertz CT molecular complexity index is 630. The minimum absolute atomic E-state index is 0.159. The number of rotatable bonds is 25. The van der Waals surface area contributed by atoms with Gasteiger partial charge in [0.2, 0.25) is 0 Å². The molecule has 0 heterocycles. The molecule has 0 radical (unpaired) electrons. The number of nitrogens with zero attached hydrogens (tertiary/aromatic N) is 1. The van der Waals surface area contributed by atoms with Gasteiger partial charge in [-0.3, -0.25) is 0 Å². The molecule has 0 rings (SSSR count). The van der Waals surface area contributed by atoms with Crippen molar-refractivity contribution < 1.29 is 19.7 Å². The van der Waals surface area contributed by atoms with E-state index in [4.69, 9.17) is 14.9 Å². The molecule has 0 aromatic rings. The molecule has 0 fully saturated rings. The SMILES string of the molecule is CCCCCCCCCCCCCCCCCCN(C(=O)OCC)C(C)C.OCCCCC#CC#CCCCCO. The van der Waals surface area contributed by atoms with E-state index < -0.39 is 0 Å². The summed E-state index contributed by atoms with van der Waals surface area (Å²) in [5.74, 6) is 11.4. The Kier molecular flexibility index (Phi) is 36.7. The maximum absolute atomic E-state index is 11.9. The van der Waals surface area contributed by atoms with E-state index in [0.717, 1.165) is 51.5 Å². The van der Waals surface area contributed by atoms with Crippen LogP contribution >= 0.6 is 0 Å². The maximum Gasteiger partial charge on any atom is 0.409 e. The van der Waals surface area contributed by atoms with Crippen LogP contribution in [0.1, 0.15) is 169 Å². The minimum atomic E-state index is -0.159. The fourth-order valence-electron chi connectivity index (χ4n) is 4.46. The van der Waals surface area contributed by atoms with E-state index in [1.165, 1.54) is 96.3 Å². The monoisotopic (exact) mass is 578 g/mol. The first-order valence-electron chi connectivity index (χ1n) is 17.2. The van der Waals surface area contributed by atoms with E-state index in [-0.39, 0.29) is 25.3 Å². The van der Waals surface area contributed by atoms with Crippen molar-refractivity contribution in [1.29, 1.82) is 0 Å². The molecule has 5 heteroatoms. The lowest BCUT2D eigenvalue weighted by Gasteiger charge is -2.25. The molecule has 240 valence electrons. The number of aliphatic hydroxyl groups is 2. The van der Waals surface area contributed by atoms with Gasteiger partial charge >= 0.3 is 6.09 Å². The Balaban J connectivity index is 0. The zero-order valence-electron chi connectivity index (χ0n) is 27.6. The lowest BCUT2D eigenvalue weighted by Crippen LogP contribution is -2.38. The summed E-state index contributed by atoms with van der Waals surface area (Å²) in [6.07, 6.45) is 27.0. The summed E-state index contributed by atoms with van der Waals surface area (Å²) in [6.45, 7) is 10.0. The van der Waals surface area contributed by atoms with Crippen molar-refractivity contribution in [2.75, 3.05) is 26.4 Å². The van der Waals surface area contributed by atoms with Gasteiger partial charge in [0.25, 0.3) is 0 Å². The average molecular weight is 578 g/mol. The van der Waals surface area contributed by atoms with E-state index in [1.807, 2.05) is 11.8 Å². The summed E-state index contributed by atoms with van der Waals surface area (Å²) >= 11 is 0. The molecule has 0 spiro atoms. The topological polar surface area (TPSA) is 70.0 Å². The first kappa shape index (κ1) is 41.4. The quantitative estimate of drug-likeness (QED) is 0.0837. The van der Waals surface area contributed by atoms with Crippen LogP contribution in [-0.4, -0.2) is 53.6 Å². The van der Waals surface area contributed by atoms with Gasteiger partial charge in [0.1, 0.15) is 0 Å². The second kappa shape index (κ2) is 36.3. The van der Waals surface area contributed by atoms with Gasteiger partial charge in [-0.05, 0) is 64.7 Å². The molecule has 5 nitrogen and oxygen atoms in total. The predicted octanol–water partition coefficient (Wildman–Crippen LogP) is 9.43. The zero-order chi connectivity index (χ0) is 30.7. The molecule has 0 aliphatic heterocycles. The van der Waals surface area contributed by atoms with Crippen LogP contribution in [0.3, 0.4) is 0 Å². The highest BCUT2D eigenvalue weighted by Gasteiger charge is 2.16. The van der Waals surface area contributed by atoms with Crippen LogP contribution in [0.2, 0.25) is 0 Å². The third kappa shape index (κ3) is 34.4. The van der Waals surface area contributed by atoms with Crippen molar-refractivity contribution in [3.8, 4) is 23.7 Å². The van der Waals surface area contributed by atoms with Crippen molar-refractivity contribution in [2.45, 2.75) is 175 Å². The number of unbranched alkanes of at least 4 members (excludes halogenated alkanes) is 19. The van der Waals surface area contributed by atoms with Crippen molar-refractivity contribution in [2.24, 2.45) is 0 Å². The largest absolute Gasteiger partial charge is 0.450 e. The number of carbonyl (C=O) groups excluding carboxylic acids is 1. The molecule has 0 aliphatic carbocycles. The second-order valence-electron chi connectivity index (χ2n) is 11.3. The summed E-state index contributed by atoms with van der Waals surface area (Å²) < 4.78 is 5.13. The molecule has 0 bridgehead atoms. The van der Waals surface area contributed by atoms with Crippen LogP contribution in [0.4, 0.5) is 4.79 Å². The Hall–Kier alpha value is -1.69. The second-order valence-corrected chi connectivity index (χ2v) is 11.3. The van der Waals surface area contributed by atoms with E-state index in [9.17, 15) is 4.79 Å². The molecule has 0 saturated carbocycles. The standard InChI is InChI=1S/C24H49NO2.C12H18O2/c1-5-7-8-9-10-11-12-13-14-15-16-17-18-19-20-21-22-25(23(3)4)24(26)27-6-2;13-11-9-7-5-3-1-2-4-6-8-10-12-14/h23H,5-22H2,1-4H3;13-14H,5-12H2. The van der Waals surface area contributed by atoms with Gasteiger partial charge in [-0.1, -0.05) is 115 Å². The normalized spacial score (nSPS) is 10.2. The molecule has 0 atom stereocenters. The summed E-state index contributed by atoms with van der Waals surface area (Å²) in [4.78, 5) is 13.7. The third-order valence-corrected chi connectivity index (χ3v) is 7.04. The van der Waals surface area contributed by atoms with Gasteiger partial charge < -0.3 is 19.8 Å². The number of carbonyl (C=O) groups is 1. The fourth-order valence-corrected chi connectivity index (χ4v) is 4.46. The number of hydrogen-bond donors (Lipinski definition) is 2. The maximum atomic E-state index is 11.9. The van der Waals surface area contributed by atoms with Gasteiger partial charge in [0, 0.05) is 38.6 Å². The van der Waals surface area contributed by atoms with Crippen LogP contribution in [0.5, 0.6) is 0 Å². The Morgan fingerprint density at radius 2 is 1.00 bits per heavy atom. The van der Waals surface area contributed by atoms with Crippen LogP contribution < -0.4 is 0 Å².